The Balaban J connectivity index is 1.53. The lowest BCUT2D eigenvalue weighted by Crippen LogP contribution is -2.41. The second-order valence-corrected chi connectivity index (χ2v) is 6.31. The number of carbonyl (C=O) groups excluding carboxylic acids is 1. The monoisotopic (exact) mass is 342 g/mol. The van der Waals surface area contributed by atoms with Crippen LogP contribution in [-0.4, -0.2) is 40.9 Å². The van der Waals surface area contributed by atoms with Gasteiger partial charge < -0.3 is 20.4 Å². The van der Waals surface area contributed by atoms with Gasteiger partial charge in [-0.1, -0.05) is 6.07 Å². The van der Waals surface area contributed by atoms with Crippen LogP contribution in [0.5, 0.6) is 0 Å². The van der Waals surface area contributed by atoms with Crippen LogP contribution in [0.3, 0.4) is 0 Å². The Hall–Kier alpha value is -2.57. The van der Waals surface area contributed by atoms with Gasteiger partial charge in [0.15, 0.2) is 5.96 Å². The first-order valence-corrected chi connectivity index (χ1v) is 8.91. The smallest absolute Gasteiger partial charge is 0.223 e. The molecule has 1 aliphatic rings. The SMILES string of the molecule is CCNC(=NCc1cn2c(C)cccc2n1)NCCNC(=O)C1CC1. The van der Waals surface area contributed by atoms with Crippen molar-refractivity contribution in [2.24, 2.45) is 10.9 Å². The molecule has 1 fully saturated rings. The summed E-state index contributed by atoms with van der Waals surface area (Å²) in [5.74, 6) is 1.15. The third-order valence-corrected chi connectivity index (χ3v) is 4.15. The lowest BCUT2D eigenvalue weighted by Gasteiger charge is -2.11. The molecule has 2 aromatic heterocycles. The van der Waals surface area contributed by atoms with Gasteiger partial charge in [-0.25, -0.2) is 9.98 Å². The Morgan fingerprint density at radius 1 is 1.28 bits per heavy atom. The summed E-state index contributed by atoms with van der Waals surface area (Å²) in [5, 5.41) is 9.39. The summed E-state index contributed by atoms with van der Waals surface area (Å²) >= 11 is 0. The Kier molecular flexibility index (Phi) is 5.53. The van der Waals surface area contributed by atoms with E-state index >= 15 is 0 Å². The molecule has 0 radical (unpaired) electrons. The molecule has 134 valence electrons. The molecule has 1 saturated carbocycles. The van der Waals surface area contributed by atoms with E-state index < -0.39 is 0 Å². The number of hydrogen-bond acceptors (Lipinski definition) is 3. The van der Waals surface area contributed by atoms with Crippen LogP contribution in [0, 0.1) is 12.8 Å². The van der Waals surface area contributed by atoms with E-state index in [-0.39, 0.29) is 11.8 Å². The largest absolute Gasteiger partial charge is 0.357 e. The maximum Gasteiger partial charge on any atom is 0.223 e. The number of pyridine rings is 1. The average molecular weight is 342 g/mol. The molecule has 7 heteroatoms. The number of aryl methyl sites for hydroxylation is 1. The highest BCUT2D eigenvalue weighted by Crippen LogP contribution is 2.28. The second-order valence-electron chi connectivity index (χ2n) is 6.31. The molecule has 2 heterocycles. The Morgan fingerprint density at radius 2 is 2.08 bits per heavy atom. The van der Waals surface area contributed by atoms with Crippen LogP contribution in [0.2, 0.25) is 0 Å². The molecule has 1 aliphatic carbocycles. The molecule has 2 aromatic rings. The van der Waals surface area contributed by atoms with Crippen molar-refractivity contribution in [3.8, 4) is 0 Å². The number of aromatic nitrogens is 2. The molecule has 3 rings (SSSR count). The summed E-state index contributed by atoms with van der Waals surface area (Å²) in [4.78, 5) is 20.8. The zero-order chi connectivity index (χ0) is 17.6. The topological polar surface area (TPSA) is 82.8 Å². The summed E-state index contributed by atoms with van der Waals surface area (Å²) in [6.45, 7) is 6.63. The van der Waals surface area contributed by atoms with Gasteiger partial charge in [-0.15, -0.1) is 0 Å². The fraction of sp³-hybridized carbons (Fsp3) is 0.500. The van der Waals surface area contributed by atoms with Gasteiger partial charge in [-0.2, -0.15) is 0 Å². The van der Waals surface area contributed by atoms with Gasteiger partial charge >= 0.3 is 0 Å². The van der Waals surface area contributed by atoms with E-state index in [1.807, 2.05) is 25.3 Å². The summed E-state index contributed by atoms with van der Waals surface area (Å²) in [6, 6.07) is 6.06. The van der Waals surface area contributed by atoms with Crippen molar-refractivity contribution in [3.63, 3.8) is 0 Å². The molecule has 0 aromatic carbocycles. The highest BCUT2D eigenvalue weighted by Gasteiger charge is 2.28. The van der Waals surface area contributed by atoms with Gasteiger partial charge in [-0.3, -0.25) is 4.79 Å². The fourth-order valence-electron chi connectivity index (χ4n) is 2.63. The van der Waals surface area contributed by atoms with Gasteiger partial charge in [0.1, 0.15) is 5.65 Å². The Morgan fingerprint density at radius 3 is 2.80 bits per heavy atom. The summed E-state index contributed by atoms with van der Waals surface area (Å²) < 4.78 is 2.07. The third-order valence-electron chi connectivity index (χ3n) is 4.15. The molecule has 0 saturated heterocycles. The zero-order valence-corrected chi connectivity index (χ0v) is 14.9. The van der Waals surface area contributed by atoms with E-state index in [1.54, 1.807) is 0 Å². The number of aliphatic imine (C=N–C) groups is 1. The molecular formula is C18H26N6O. The Bertz CT molecular complexity index is 762. The van der Waals surface area contributed by atoms with Crippen LogP contribution in [-0.2, 0) is 11.3 Å². The molecule has 1 amide bonds. The van der Waals surface area contributed by atoms with Crippen molar-refractivity contribution >= 4 is 17.5 Å². The fourth-order valence-corrected chi connectivity index (χ4v) is 2.63. The number of nitrogens with zero attached hydrogens (tertiary/aromatic N) is 3. The highest BCUT2D eigenvalue weighted by atomic mass is 16.2. The average Bonchev–Trinajstić information content (AvgIpc) is 3.36. The normalized spacial score (nSPS) is 14.6. The van der Waals surface area contributed by atoms with Crippen molar-refractivity contribution in [2.45, 2.75) is 33.2 Å². The summed E-state index contributed by atoms with van der Waals surface area (Å²) in [5.41, 5.74) is 3.01. The number of nitrogens with one attached hydrogen (secondary N) is 3. The number of carbonyl (C=O) groups is 1. The molecule has 3 N–H and O–H groups in total. The Labute approximate surface area is 147 Å². The number of imidazole rings is 1. The van der Waals surface area contributed by atoms with Gasteiger partial charge in [0.05, 0.1) is 12.2 Å². The molecule has 7 nitrogen and oxygen atoms in total. The van der Waals surface area contributed by atoms with E-state index in [4.69, 9.17) is 0 Å². The number of fused-ring (bicyclic) bond motifs is 1. The summed E-state index contributed by atoms with van der Waals surface area (Å²) in [7, 11) is 0. The van der Waals surface area contributed by atoms with Crippen LogP contribution in [0.4, 0.5) is 0 Å². The number of amides is 1. The van der Waals surface area contributed by atoms with Crippen LogP contribution in [0.25, 0.3) is 5.65 Å². The molecule has 25 heavy (non-hydrogen) atoms. The molecule has 0 spiro atoms. The van der Waals surface area contributed by atoms with E-state index in [0.29, 0.717) is 19.6 Å². The first-order valence-electron chi connectivity index (χ1n) is 8.91. The predicted octanol–water partition coefficient (Wildman–Crippen LogP) is 1.22. The number of rotatable bonds is 7. The molecular weight excluding hydrogens is 316 g/mol. The minimum absolute atomic E-state index is 0.170. The zero-order valence-electron chi connectivity index (χ0n) is 14.9. The van der Waals surface area contributed by atoms with Crippen molar-refractivity contribution in [2.75, 3.05) is 19.6 Å². The van der Waals surface area contributed by atoms with Crippen LogP contribution < -0.4 is 16.0 Å². The maximum absolute atomic E-state index is 11.6. The van der Waals surface area contributed by atoms with Crippen molar-refractivity contribution in [1.29, 1.82) is 0 Å². The van der Waals surface area contributed by atoms with E-state index in [9.17, 15) is 4.79 Å². The second kappa shape index (κ2) is 8.00. The van der Waals surface area contributed by atoms with Crippen LogP contribution in [0.1, 0.15) is 31.2 Å². The number of guanidine groups is 1. The molecule has 0 bridgehead atoms. The minimum atomic E-state index is 0.170. The highest BCUT2D eigenvalue weighted by molar-refractivity contribution is 5.81. The quantitative estimate of drug-likeness (QED) is 0.401. The van der Waals surface area contributed by atoms with Crippen LogP contribution in [0.15, 0.2) is 29.4 Å². The predicted molar refractivity (Wildman–Crippen MR) is 98.5 cm³/mol. The van der Waals surface area contributed by atoms with Gasteiger partial charge in [0, 0.05) is 37.4 Å². The van der Waals surface area contributed by atoms with Crippen molar-refractivity contribution in [1.82, 2.24) is 25.3 Å². The molecule has 0 aliphatic heterocycles. The minimum Gasteiger partial charge on any atom is -0.357 e. The standard InChI is InChI=1S/C18H26N6O/c1-3-19-18(21-10-9-20-17(25)14-7-8-14)22-11-15-12-24-13(2)5-4-6-16(24)23-15/h4-6,12,14H,3,7-11H2,1-2H3,(H,20,25)(H2,19,21,22). The van der Waals surface area contributed by atoms with Crippen molar-refractivity contribution in [3.05, 3.63) is 35.8 Å². The lowest BCUT2D eigenvalue weighted by molar-refractivity contribution is -0.122. The summed E-state index contributed by atoms with van der Waals surface area (Å²) in [6.07, 6.45) is 4.08. The molecule has 0 unspecified atom stereocenters. The van der Waals surface area contributed by atoms with E-state index in [0.717, 1.165) is 42.4 Å². The maximum atomic E-state index is 11.6. The first-order chi connectivity index (χ1) is 12.2. The van der Waals surface area contributed by atoms with E-state index in [1.165, 1.54) is 0 Å². The van der Waals surface area contributed by atoms with Crippen LogP contribution >= 0.6 is 0 Å². The third kappa shape index (κ3) is 4.71. The first kappa shape index (κ1) is 17.3. The molecule has 0 atom stereocenters. The van der Waals surface area contributed by atoms with Gasteiger partial charge in [-0.05, 0) is 38.8 Å². The lowest BCUT2D eigenvalue weighted by atomic mass is 10.4. The van der Waals surface area contributed by atoms with E-state index in [2.05, 4.69) is 43.3 Å². The number of hydrogen-bond donors (Lipinski definition) is 3. The van der Waals surface area contributed by atoms with Crippen molar-refractivity contribution < 1.29 is 4.79 Å². The van der Waals surface area contributed by atoms with Gasteiger partial charge in [0.2, 0.25) is 5.91 Å². The van der Waals surface area contributed by atoms with Gasteiger partial charge in [0.25, 0.3) is 0 Å².